The van der Waals surface area contributed by atoms with Gasteiger partial charge in [-0.25, -0.2) is 0 Å². The fraction of sp³-hybridized carbons (Fsp3) is 0.472. The van der Waals surface area contributed by atoms with Gasteiger partial charge < -0.3 is 54.4 Å². The predicted molar refractivity (Wildman–Crippen MR) is 324 cm³/mol. The second-order valence-corrected chi connectivity index (χ2v) is 25.8. The number of ether oxygens (including phenoxy) is 4. The van der Waals surface area contributed by atoms with E-state index in [0.717, 1.165) is 138 Å². The van der Waals surface area contributed by atoms with E-state index in [1.54, 1.807) is 36.9 Å². The predicted octanol–water partition coefficient (Wildman–Crippen LogP) is 11.5. The largest absolute Gasteiger partial charge is 0.508 e. The summed E-state index contributed by atoms with van der Waals surface area (Å²) in [5, 5.41) is 66.0. The highest BCUT2D eigenvalue weighted by Gasteiger charge is 2.63. The Morgan fingerprint density at radius 3 is 2.51 bits per heavy atom. The molecule has 8 bridgehead atoms. The van der Waals surface area contributed by atoms with Gasteiger partial charge in [0.15, 0.2) is 11.5 Å². The van der Waals surface area contributed by atoms with Crippen LogP contribution in [0.2, 0.25) is 0 Å². The molecule has 1 saturated carbocycles. The number of hydrogen-bond donors (Lipinski definition) is 7. The number of methoxy groups -OCH3 is 1. The SMILES string of the molecule is COCNC1C=C2C#C[C@H](CCc3ccc(O)c(Cc4cccc(O)c4)c3)CCC[C@H]3C[C@H](O)[C@@H]4CCc5c(c(CO)cc(O)c5OCc5cc([C@]67c8c9cccc8CC[C@H]6C6(CCCCC6)OC[C@H]7CC9)cc6cn(cc56)C(=C2CO3)N1)C4. The molecule has 15 rings (SSSR count). The Hall–Kier alpha value is -6.56. The molecule has 438 valence electrons. The third-order valence-electron chi connectivity index (χ3n) is 21.1. The van der Waals surface area contributed by atoms with Gasteiger partial charge in [0.1, 0.15) is 30.1 Å². The van der Waals surface area contributed by atoms with Crippen LogP contribution >= 0.6 is 0 Å². The number of aromatic hydroxyl groups is 3. The van der Waals surface area contributed by atoms with Gasteiger partial charge in [-0.05, 0) is 200 Å². The highest BCUT2D eigenvalue weighted by Crippen LogP contribution is 2.64. The molecule has 4 aliphatic carbocycles. The standard InChI is InChI=1S/C72H81N3O9/c1-81-43-73-67-35-49-18-16-44(14-15-45-17-24-63(78)51(28-45)29-46-9-5-12-57(77)30-46)8-6-13-58-36-64(79)50-20-23-59-60(33-50)53(39-76)34-65(80)69(59)83-40-54-32-56(31-52-37-75(38-61(52)54)70(74-67)62(49)42-82-58)72-55-22-19-47-10-7-11-48(68(47)72)21-25-66(72)71(84-41-55)26-3-2-4-27-71/h5,7,9-12,17,24,28,30-32,34-35,37-38,44,50,55,58,64,66-67,73-74,76-80H,2-4,6,8,13-15,19-23,25-27,29,33,36,39-43H2,1H3/t44-,50+,55+,58-,64-,66-,67?,72-/m0/s1. The zero-order valence-corrected chi connectivity index (χ0v) is 48.6. The number of benzene rings is 5. The summed E-state index contributed by atoms with van der Waals surface area (Å²) in [5.41, 5.74) is 13.7. The maximum atomic E-state index is 12.4. The topological polar surface area (TPSA) is 167 Å². The summed E-state index contributed by atoms with van der Waals surface area (Å²) < 4.78 is 29.5. The van der Waals surface area contributed by atoms with Crippen molar-refractivity contribution < 1.29 is 44.5 Å². The van der Waals surface area contributed by atoms with Gasteiger partial charge in [0.25, 0.3) is 0 Å². The number of phenolic OH excluding ortho intramolecular Hbond substituents is 3. The molecule has 7 N–H and O–H groups in total. The first kappa shape index (κ1) is 55.3. The maximum Gasteiger partial charge on any atom is 0.164 e. The summed E-state index contributed by atoms with van der Waals surface area (Å²) in [4.78, 5) is 0. The number of phenols is 3. The van der Waals surface area contributed by atoms with Crippen molar-refractivity contribution >= 4 is 16.6 Å². The van der Waals surface area contributed by atoms with Crippen molar-refractivity contribution in [3.8, 4) is 34.8 Å². The van der Waals surface area contributed by atoms with Crippen molar-refractivity contribution in [2.24, 2.45) is 23.7 Å². The van der Waals surface area contributed by atoms with E-state index in [1.165, 1.54) is 36.0 Å². The summed E-state index contributed by atoms with van der Waals surface area (Å²) in [6, 6.07) is 26.8. The van der Waals surface area contributed by atoms with Gasteiger partial charge in [0.05, 0.1) is 44.4 Å². The van der Waals surface area contributed by atoms with Crippen molar-refractivity contribution in [1.82, 2.24) is 15.2 Å². The lowest BCUT2D eigenvalue weighted by Gasteiger charge is -2.63. The van der Waals surface area contributed by atoms with Gasteiger partial charge in [-0.2, -0.15) is 0 Å². The van der Waals surface area contributed by atoms with Crippen LogP contribution in [0.15, 0.2) is 108 Å². The van der Waals surface area contributed by atoms with E-state index in [-0.39, 0.29) is 72.2 Å². The van der Waals surface area contributed by atoms with Gasteiger partial charge >= 0.3 is 0 Å². The van der Waals surface area contributed by atoms with E-state index in [0.29, 0.717) is 62.0 Å². The number of dihydropyridines is 1. The van der Waals surface area contributed by atoms with E-state index in [2.05, 4.69) is 81.9 Å². The van der Waals surface area contributed by atoms with E-state index in [1.807, 2.05) is 18.2 Å². The smallest absolute Gasteiger partial charge is 0.164 e. The second kappa shape index (κ2) is 23.0. The molecule has 2 fully saturated rings. The molecule has 5 aromatic carbocycles. The molecule has 12 nitrogen and oxygen atoms in total. The van der Waals surface area contributed by atoms with Crippen LogP contribution in [0.25, 0.3) is 16.6 Å². The lowest BCUT2D eigenvalue weighted by atomic mass is 9.45. The summed E-state index contributed by atoms with van der Waals surface area (Å²) in [6.45, 7) is 1.32. The van der Waals surface area contributed by atoms with Crippen molar-refractivity contribution in [2.45, 2.75) is 165 Å². The fourth-order valence-corrected chi connectivity index (χ4v) is 17.0. The Bertz CT molecular complexity index is 3600. The van der Waals surface area contributed by atoms with Gasteiger partial charge in [-0.1, -0.05) is 79.6 Å². The van der Waals surface area contributed by atoms with Crippen LogP contribution in [-0.2, 0) is 71.4 Å². The lowest BCUT2D eigenvalue weighted by molar-refractivity contribution is -0.193. The number of rotatable bonds is 10. The van der Waals surface area contributed by atoms with Gasteiger partial charge in [-0.3, -0.25) is 5.32 Å². The number of aryl methyl sites for hydroxylation is 3. The Labute approximate surface area is 493 Å². The Kier molecular flexibility index (Phi) is 15.2. The third kappa shape index (κ3) is 10.1. The van der Waals surface area contributed by atoms with Crippen molar-refractivity contribution in [3.05, 3.63) is 170 Å². The molecule has 12 heteroatoms. The lowest BCUT2D eigenvalue weighted by Crippen LogP contribution is -2.64. The first-order valence-electron chi connectivity index (χ1n) is 31.4. The first-order valence-corrected chi connectivity index (χ1v) is 31.4. The van der Waals surface area contributed by atoms with Crippen LogP contribution in [-0.4, -0.2) is 81.1 Å². The molecule has 1 unspecified atom stereocenters. The number of nitrogens with zero attached hydrogens (tertiary/aromatic N) is 1. The molecule has 0 radical (unpaired) electrons. The van der Waals surface area contributed by atoms with E-state index in [9.17, 15) is 25.5 Å². The van der Waals surface area contributed by atoms with Gasteiger partial charge in [0, 0.05) is 70.7 Å². The normalized spacial score (nSPS) is 26.9. The molecule has 1 spiro atoms. The summed E-state index contributed by atoms with van der Waals surface area (Å²) in [7, 11) is 1.69. The average molecular weight is 1130 g/mol. The van der Waals surface area contributed by atoms with E-state index >= 15 is 0 Å². The van der Waals surface area contributed by atoms with Crippen molar-refractivity contribution in [2.75, 3.05) is 27.1 Å². The second-order valence-electron chi connectivity index (χ2n) is 25.8. The average Bonchev–Trinajstić information content (AvgIpc) is 0.984. The Morgan fingerprint density at radius 2 is 1.67 bits per heavy atom. The number of fused-ring (bicyclic) bond motifs is 4. The minimum atomic E-state index is -0.673. The van der Waals surface area contributed by atoms with Crippen LogP contribution < -0.4 is 15.4 Å². The van der Waals surface area contributed by atoms with E-state index < -0.39 is 6.10 Å². The van der Waals surface area contributed by atoms with E-state index in [4.69, 9.17) is 18.9 Å². The number of aromatic nitrogens is 1. The maximum absolute atomic E-state index is 12.4. The fourth-order valence-electron chi connectivity index (χ4n) is 17.0. The molecule has 9 aliphatic rings. The van der Waals surface area contributed by atoms with Crippen LogP contribution in [0.5, 0.6) is 23.0 Å². The number of nitrogens with one attached hydrogen (secondary N) is 2. The Morgan fingerprint density at radius 1 is 0.810 bits per heavy atom. The third-order valence-corrected chi connectivity index (χ3v) is 21.1. The molecule has 6 heterocycles. The highest BCUT2D eigenvalue weighted by atomic mass is 16.5. The molecule has 0 amide bonds. The number of aliphatic hydroxyl groups is 2. The molecule has 6 aromatic rings. The molecule has 5 aliphatic heterocycles. The molecule has 84 heavy (non-hydrogen) atoms. The minimum absolute atomic E-state index is 0.0325. The van der Waals surface area contributed by atoms with Gasteiger partial charge in [-0.15, -0.1) is 0 Å². The molecular formula is C72H81N3O9. The number of hydrogen-bond acceptors (Lipinski definition) is 11. The minimum Gasteiger partial charge on any atom is -0.508 e. The van der Waals surface area contributed by atoms with Gasteiger partial charge in [0.2, 0.25) is 0 Å². The van der Waals surface area contributed by atoms with Crippen molar-refractivity contribution in [3.63, 3.8) is 0 Å². The quantitative estimate of drug-likeness (QED) is 0.0515. The summed E-state index contributed by atoms with van der Waals surface area (Å²) in [5.74, 6) is 9.93. The highest BCUT2D eigenvalue weighted by molar-refractivity contribution is 5.89. The molecule has 8 atom stereocenters. The van der Waals surface area contributed by atoms with Crippen LogP contribution in [0.4, 0.5) is 0 Å². The zero-order chi connectivity index (χ0) is 57.1. The summed E-state index contributed by atoms with van der Waals surface area (Å²) >= 11 is 0. The monoisotopic (exact) mass is 1130 g/mol. The summed E-state index contributed by atoms with van der Waals surface area (Å²) in [6.07, 6.45) is 22.3. The molecular weight excluding hydrogens is 1050 g/mol. The zero-order valence-electron chi connectivity index (χ0n) is 48.6. The molecule has 1 saturated heterocycles. The van der Waals surface area contributed by atoms with Crippen LogP contribution in [0.1, 0.15) is 145 Å². The van der Waals surface area contributed by atoms with Crippen LogP contribution in [0.3, 0.4) is 0 Å². The first-order chi connectivity index (χ1) is 41.1. The number of aliphatic hydroxyl groups excluding tert-OH is 2. The van der Waals surface area contributed by atoms with Crippen LogP contribution in [0, 0.1) is 35.5 Å². The Balaban J connectivity index is 0.919. The van der Waals surface area contributed by atoms with Crippen molar-refractivity contribution in [1.29, 1.82) is 0 Å². The molecule has 1 aromatic heterocycles.